The van der Waals surface area contributed by atoms with Crippen molar-refractivity contribution in [2.75, 3.05) is 26.2 Å². The molecule has 26 heavy (non-hydrogen) atoms. The first-order valence-electron chi connectivity index (χ1n) is 9.19. The molecule has 0 N–H and O–H groups in total. The topological polar surface area (TPSA) is 49.9 Å². The van der Waals surface area contributed by atoms with Crippen LogP contribution in [0.2, 0.25) is 0 Å². The van der Waals surface area contributed by atoms with Gasteiger partial charge in [0.2, 0.25) is 11.8 Å². The third-order valence-corrected chi connectivity index (χ3v) is 5.66. The number of likely N-dealkylation sites (tertiary alicyclic amines) is 2. The van der Waals surface area contributed by atoms with E-state index in [1.165, 1.54) is 6.08 Å². The van der Waals surface area contributed by atoms with Crippen molar-refractivity contribution < 1.29 is 14.3 Å². The van der Waals surface area contributed by atoms with Crippen LogP contribution >= 0.6 is 15.9 Å². The van der Waals surface area contributed by atoms with Crippen molar-refractivity contribution in [3.05, 3.63) is 41.4 Å². The lowest BCUT2D eigenvalue weighted by atomic mass is 9.95. The molecular weight excluding hydrogens is 396 g/mol. The second-order valence-electron chi connectivity index (χ2n) is 6.92. The zero-order valence-corrected chi connectivity index (χ0v) is 16.5. The Labute approximate surface area is 163 Å². The highest BCUT2D eigenvalue weighted by Crippen LogP contribution is 2.24. The summed E-state index contributed by atoms with van der Waals surface area (Å²) in [5.41, 5.74) is 0. The van der Waals surface area contributed by atoms with E-state index in [2.05, 4.69) is 22.5 Å². The van der Waals surface area contributed by atoms with Gasteiger partial charge in [0.1, 0.15) is 11.9 Å². The standard InChI is InChI=1S/C20H25BrN2O3/c1-2-19(24)23-11-3-4-15(14-23)20(25)22-12-9-18(10-13-22)26-17-7-5-16(21)6-8-17/h2,5-8,15,18H,1,3-4,9-14H2. The maximum Gasteiger partial charge on any atom is 0.245 e. The van der Waals surface area contributed by atoms with Crippen LogP contribution < -0.4 is 4.74 Å². The maximum atomic E-state index is 12.8. The molecule has 2 aliphatic rings. The number of rotatable bonds is 4. The molecule has 6 heteroatoms. The first-order valence-corrected chi connectivity index (χ1v) is 9.98. The SMILES string of the molecule is C=CC(=O)N1CCCC(C(=O)N2CCC(Oc3ccc(Br)cc3)CC2)C1. The Morgan fingerprint density at radius 2 is 1.77 bits per heavy atom. The van der Waals surface area contributed by atoms with Crippen LogP contribution in [0.15, 0.2) is 41.4 Å². The van der Waals surface area contributed by atoms with Crippen molar-refractivity contribution in [3.63, 3.8) is 0 Å². The predicted molar refractivity (Wildman–Crippen MR) is 104 cm³/mol. The Balaban J connectivity index is 1.49. The van der Waals surface area contributed by atoms with E-state index in [-0.39, 0.29) is 23.8 Å². The first kappa shape index (κ1) is 19.0. The number of amides is 2. The van der Waals surface area contributed by atoms with E-state index in [4.69, 9.17) is 4.74 Å². The summed E-state index contributed by atoms with van der Waals surface area (Å²) in [5.74, 6) is 0.873. The minimum Gasteiger partial charge on any atom is -0.490 e. The van der Waals surface area contributed by atoms with Crippen LogP contribution in [0.4, 0.5) is 0 Å². The third kappa shape index (κ3) is 4.67. The molecule has 0 aliphatic carbocycles. The van der Waals surface area contributed by atoms with Crippen LogP contribution in [0.5, 0.6) is 5.75 Å². The van der Waals surface area contributed by atoms with E-state index in [9.17, 15) is 9.59 Å². The summed E-state index contributed by atoms with van der Waals surface area (Å²) in [6.45, 7) is 6.20. The van der Waals surface area contributed by atoms with Gasteiger partial charge in [-0.15, -0.1) is 0 Å². The molecule has 1 unspecified atom stereocenters. The van der Waals surface area contributed by atoms with Crippen molar-refractivity contribution in [1.29, 1.82) is 0 Å². The van der Waals surface area contributed by atoms with Gasteiger partial charge in [-0.1, -0.05) is 22.5 Å². The summed E-state index contributed by atoms with van der Waals surface area (Å²) in [6.07, 6.45) is 4.88. The molecule has 2 heterocycles. The molecule has 2 fully saturated rings. The molecule has 3 rings (SSSR count). The Hall–Kier alpha value is -1.82. The average Bonchev–Trinajstić information content (AvgIpc) is 2.69. The highest BCUT2D eigenvalue weighted by Gasteiger charge is 2.32. The molecule has 0 bridgehead atoms. The lowest BCUT2D eigenvalue weighted by Gasteiger charge is -2.37. The zero-order chi connectivity index (χ0) is 18.5. The summed E-state index contributed by atoms with van der Waals surface area (Å²) in [4.78, 5) is 28.3. The van der Waals surface area contributed by atoms with Gasteiger partial charge in [0.05, 0.1) is 5.92 Å². The van der Waals surface area contributed by atoms with Gasteiger partial charge in [-0.3, -0.25) is 9.59 Å². The van der Waals surface area contributed by atoms with Crippen LogP contribution in [0.3, 0.4) is 0 Å². The molecule has 0 radical (unpaired) electrons. The van der Waals surface area contributed by atoms with Gasteiger partial charge in [-0.05, 0) is 43.2 Å². The van der Waals surface area contributed by atoms with Crippen LogP contribution in [0.1, 0.15) is 25.7 Å². The van der Waals surface area contributed by atoms with Gasteiger partial charge >= 0.3 is 0 Å². The molecule has 5 nitrogen and oxygen atoms in total. The van der Waals surface area contributed by atoms with E-state index >= 15 is 0 Å². The lowest BCUT2D eigenvalue weighted by molar-refractivity contribution is -0.141. The van der Waals surface area contributed by atoms with E-state index < -0.39 is 0 Å². The quantitative estimate of drug-likeness (QED) is 0.702. The summed E-state index contributed by atoms with van der Waals surface area (Å²) in [5, 5.41) is 0. The van der Waals surface area contributed by atoms with E-state index in [0.29, 0.717) is 19.6 Å². The molecule has 2 amide bonds. The minimum absolute atomic E-state index is 0.0795. The molecular formula is C20H25BrN2O3. The van der Waals surface area contributed by atoms with E-state index in [1.807, 2.05) is 29.2 Å². The second kappa shape index (κ2) is 8.71. The molecule has 1 aromatic carbocycles. The Morgan fingerprint density at radius 1 is 1.08 bits per heavy atom. The van der Waals surface area contributed by atoms with Crippen LogP contribution in [0.25, 0.3) is 0 Å². The number of hydrogen-bond donors (Lipinski definition) is 0. The van der Waals surface area contributed by atoms with Crippen LogP contribution in [-0.2, 0) is 9.59 Å². The first-order chi connectivity index (χ1) is 12.6. The predicted octanol–water partition coefficient (Wildman–Crippen LogP) is 3.24. The van der Waals surface area contributed by atoms with Gasteiger partial charge in [0, 0.05) is 43.5 Å². The number of nitrogens with zero attached hydrogens (tertiary/aromatic N) is 2. The largest absolute Gasteiger partial charge is 0.490 e. The smallest absolute Gasteiger partial charge is 0.245 e. The van der Waals surface area contributed by atoms with Crippen molar-refractivity contribution >= 4 is 27.7 Å². The van der Waals surface area contributed by atoms with Crippen molar-refractivity contribution in [3.8, 4) is 5.75 Å². The van der Waals surface area contributed by atoms with Gasteiger partial charge in [-0.2, -0.15) is 0 Å². The summed E-state index contributed by atoms with van der Waals surface area (Å²) < 4.78 is 7.05. The van der Waals surface area contributed by atoms with Gasteiger partial charge < -0.3 is 14.5 Å². The molecule has 0 aromatic heterocycles. The molecule has 1 aromatic rings. The number of ether oxygens (including phenoxy) is 1. The highest BCUT2D eigenvalue weighted by atomic mass is 79.9. The zero-order valence-electron chi connectivity index (χ0n) is 14.9. The van der Waals surface area contributed by atoms with Gasteiger partial charge in [0.25, 0.3) is 0 Å². The number of carbonyl (C=O) groups excluding carboxylic acids is 2. The monoisotopic (exact) mass is 420 g/mol. The Kier molecular flexibility index (Phi) is 6.35. The fourth-order valence-corrected chi connectivity index (χ4v) is 3.93. The minimum atomic E-state index is -0.0865. The van der Waals surface area contributed by atoms with Crippen molar-refractivity contribution in [1.82, 2.24) is 9.80 Å². The molecule has 2 saturated heterocycles. The summed E-state index contributed by atoms with van der Waals surface area (Å²) in [7, 11) is 0. The maximum absolute atomic E-state index is 12.8. The normalized spacial score (nSPS) is 21.3. The van der Waals surface area contributed by atoms with Crippen LogP contribution in [-0.4, -0.2) is 53.9 Å². The molecule has 0 saturated carbocycles. The number of hydrogen-bond acceptors (Lipinski definition) is 3. The van der Waals surface area contributed by atoms with Gasteiger partial charge in [-0.25, -0.2) is 0 Å². The third-order valence-electron chi connectivity index (χ3n) is 5.13. The number of halogens is 1. The number of carbonyl (C=O) groups is 2. The fraction of sp³-hybridized carbons (Fsp3) is 0.500. The molecule has 2 aliphatic heterocycles. The molecule has 140 valence electrons. The molecule has 1 atom stereocenters. The molecule has 0 spiro atoms. The fourth-order valence-electron chi connectivity index (χ4n) is 3.67. The number of piperidine rings is 2. The summed E-state index contributed by atoms with van der Waals surface area (Å²) in [6, 6.07) is 7.84. The number of benzene rings is 1. The Morgan fingerprint density at radius 3 is 2.42 bits per heavy atom. The van der Waals surface area contributed by atoms with Crippen LogP contribution in [0, 0.1) is 5.92 Å². The van der Waals surface area contributed by atoms with E-state index in [0.717, 1.165) is 42.5 Å². The van der Waals surface area contributed by atoms with Crippen molar-refractivity contribution in [2.24, 2.45) is 5.92 Å². The second-order valence-corrected chi connectivity index (χ2v) is 7.84. The average molecular weight is 421 g/mol. The highest BCUT2D eigenvalue weighted by molar-refractivity contribution is 9.10. The Bertz CT molecular complexity index is 654. The lowest BCUT2D eigenvalue weighted by Crippen LogP contribution is -2.49. The van der Waals surface area contributed by atoms with Gasteiger partial charge in [0.15, 0.2) is 0 Å². The summed E-state index contributed by atoms with van der Waals surface area (Å²) >= 11 is 3.42. The van der Waals surface area contributed by atoms with Crippen molar-refractivity contribution in [2.45, 2.75) is 31.8 Å². The van der Waals surface area contributed by atoms with E-state index in [1.54, 1.807) is 4.90 Å².